The molecule has 1 aliphatic rings. The Hall–Kier alpha value is -3.22. The zero-order valence-corrected chi connectivity index (χ0v) is 17.4. The lowest BCUT2D eigenvalue weighted by Gasteiger charge is -2.33. The van der Waals surface area contributed by atoms with Gasteiger partial charge in [0, 0.05) is 49.7 Å². The van der Waals surface area contributed by atoms with Crippen LogP contribution in [0.25, 0.3) is 5.82 Å². The van der Waals surface area contributed by atoms with E-state index >= 15 is 0 Å². The van der Waals surface area contributed by atoms with E-state index in [1.165, 1.54) is 0 Å². The van der Waals surface area contributed by atoms with Gasteiger partial charge in [-0.1, -0.05) is 32.0 Å². The fourth-order valence-corrected chi connectivity index (χ4v) is 3.92. The lowest BCUT2D eigenvalue weighted by Crippen LogP contribution is -2.42. The SMILES string of the molecule is CC(C)c1nccn1-c1nccnc1C1CCCN(C(=O)COc2ccccc2)C1. The molecule has 1 unspecified atom stereocenters. The van der Waals surface area contributed by atoms with Crippen molar-refractivity contribution in [1.82, 2.24) is 24.4 Å². The zero-order valence-electron chi connectivity index (χ0n) is 17.4. The number of para-hydroxylation sites is 1. The Bertz CT molecular complexity index is 986. The van der Waals surface area contributed by atoms with Crippen molar-refractivity contribution in [2.45, 2.75) is 38.5 Å². The van der Waals surface area contributed by atoms with Gasteiger partial charge in [0.15, 0.2) is 12.4 Å². The molecule has 0 radical (unpaired) electrons. The summed E-state index contributed by atoms with van der Waals surface area (Å²) >= 11 is 0. The second-order valence-electron chi connectivity index (χ2n) is 7.86. The van der Waals surface area contributed by atoms with Gasteiger partial charge in [0.05, 0.1) is 5.69 Å². The third kappa shape index (κ3) is 4.35. The molecule has 30 heavy (non-hydrogen) atoms. The molecular weight excluding hydrogens is 378 g/mol. The van der Waals surface area contributed by atoms with Crippen LogP contribution in [0, 0.1) is 0 Å². The second-order valence-corrected chi connectivity index (χ2v) is 7.86. The van der Waals surface area contributed by atoms with Gasteiger partial charge in [-0.2, -0.15) is 0 Å². The molecule has 0 N–H and O–H groups in total. The van der Waals surface area contributed by atoms with Crippen molar-refractivity contribution in [1.29, 1.82) is 0 Å². The Morgan fingerprint density at radius 1 is 1.13 bits per heavy atom. The van der Waals surface area contributed by atoms with Crippen LogP contribution in [-0.2, 0) is 4.79 Å². The molecule has 7 nitrogen and oxygen atoms in total. The molecule has 1 aromatic carbocycles. The largest absolute Gasteiger partial charge is 0.484 e. The number of likely N-dealkylation sites (tertiary alicyclic amines) is 1. The maximum atomic E-state index is 12.8. The molecule has 0 saturated carbocycles. The second kappa shape index (κ2) is 9.07. The van der Waals surface area contributed by atoms with Crippen LogP contribution in [0.1, 0.15) is 50.0 Å². The molecule has 156 valence electrons. The van der Waals surface area contributed by atoms with E-state index in [1.54, 1.807) is 18.6 Å². The average molecular weight is 406 g/mol. The van der Waals surface area contributed by atoms with E-state index < -0.39 is 0 Å². The predicted molar refractivity (Wildman–Crippen MR) is 114 cm³/mol. The first kappa shape index (κ1) is 20.1. The van der Waals surface area contributed by atoms with Gasteiger partial charge in [-0.15, -0.1) is 0 Å². The van der Waals surface area contributed by atoms with Crippen molar-refractivity contribution in [3.05, 3.63) is 66.6 Å². The number of amides is 1. The lowest BCUT2D eigenvalue weighted by molar-refractivity contribution is -0.134. The van der Waals surface area contributed by atoms with E-state index in [2.05, 4.69) is 28.8 Å². The highest BCUT2D eigenvalue weighted by Gasteiger charge is 2.29. The zero-order chi connectivity index (χ0) is 20.9. The topological polar surface area (TPSA) is 73.1 Å². The van der Waals surface area contributed by atoms with Crippen molar-refractivity contribution in [2.75, 3.05) is 19.7 Å². The van der Waals surface area contributed by atoms with Crippen LogP contribution in [0.2, 0.25) is 0 Å². The monoisotopic (exact) mass is 405 g/mol. The van der Waals surface area contributed by atoms with Crippen molar-refractivity contribution in [3.63, 3.8) is 0 Å². The standard InChI is InChI=1S/C23H27N5O2/c1-17(2)22-26-12-14-28(22)23-21(24-10-11-25-23)18-7-6-13-27(15-18)20(29)16-30-19-8-4-3-5-9-19/h3-5,8-12,14,17-18H,6-7,13,15-16H2,1-2H3. The maximum Gasteiger partial charge on any atom is 0.260 e. The molecule has 3 heterocycles. The fraction of sp³-hybridized carbons (Fsp3) is 0.391. The summed E-state index contributed by atoms with van der Waals surface area (Å²) in [6, 6.07) is 9.43. The number of piperidine rings is 1. The summed E-state index contributed by atoms with van der Waals surface area (Å²) < 4.78 is 7.68. The molecule has 0 spiro atoms. The average Bonchev–Trinajstić information content (AvgIpc) is 3.28. The van der Waals surface area contributed by atoms with Crippen LogP contribution in [-0.4, -0.2) is 50.0 Å². The number of imidazole rings is 1. The summed E-state index contributed by atoms with van der Waals surface area (Å²) in [5.74, 6) is 2.87. The van der Waals surface area contributed by atoms with E-state index in [9.17, 15) is 4.79 Å². The number of nitrogens with zero attached hydrogens (tertiary/aromatic N) is 5. The van der Waals surface area contributed by atoms with Gasteiger partial charge >= 0.3 is 0 Å². The first-order chi connectivity index (χ1) is 14.6. The number of rotatable bonds is 6. The van der Waals surface area contributed by atoms with Crippen molar-refractivity contribution in [3.8, 4) is 11.6 Å². The summed E-state index contributed by atoms with van der Waals surface area (Å²) in [5.41, 5.74) is 0.916. The van der Waals surface area contributed by atoms with E-state index in [-0.39, 0.29) is 24.3 Å². The Labute approximate surface area is 176 Å². The minimum atomic E-state index is -0.000469. The van der Waals surface area contributed by atoms with Gasteiger partial charge in [-0.3, -0.25) is 14.3 Å². The summed E-state index contributed by atoms with van der Waals surface area (Å²) in [6.07, 6.45) is 9.07. The lowest BCUT2D eigenvalue weighted by atomic mass is 9.94. The molecule has 0 aliphatic carbocycles. The van der Waals surface area contributed by atoms with Crippen molar-refractivity contribution in [2.24, 2.45) is 0 Å². The molecule has 1 amide bonds. The minimum absolute atomic E-state index is 0.000469. The number of benzene rings is 1. The van der Waals surface area contributed by atoms with E-state index in [0.717, 1.165) is 36.7 Å². The number of ether oxygens (including phenoxy) is 1. The van der Waals surface area contributed by atoms with Gasteiger partial charge in [0.1, 0.15) is 11.6 Å². The van der Waals surface area contributed by atoms with E-state index in [1.807, 2.05) is 46.0 Å². The van der Waals surface area contributed by atoms with Gasteiger partial charge in [-0.25, -0.2) is 9.97 Å². The molecule has 3 aromatic rings. The van der Waals surface area contributed by atoms with Crippen LogP contribution >= 0.6 is 0 Å². The first-order valence-corrected chi connectivity index (χ1v) is 10.4. The van der Waals surface area contributed by atoms with Crippen LogP contribution in [0.3, 0.4) is 0 Å². The number of aromatic nitrogens is 4. The summed E-state index contributed by atoms with van der Waals surface area (Å²) in [4.78, 5) is 28.4. The quantitative estimate of drug-likeness (QED) is 0.627. The summed E-state index contributed by atoms with van der Waals surface area (Å²) in [7, 11) is 0. The van der Waals surface area contributed by atoms with Crippen molar-refractivity contribution >= 4 is 5.91 Å². The Morgan fingerprint density at radius 3 is 2.73 bits per heavy atom. The fourth-order valence-electron chi connectivity index (χ4n) is 3.92. The molecule has 1 aliphatic heterocycles. The molecular formula is C23H27N5O2. The van der Waals surface area contributed by atoms with Crippen LogP contribution in [0.15, 0.2) is 55.1 Å². The van der Waals surface area contributed by atoms with Crippen molar-refractivity contribution < 1.29 is 9.53 Å². The molecule has 0 bridgehead atoms. The van der Waals surface area contributed by atoms with E-state index in [0.29, 0.717) is 12.3 Å². The predicted octanol–water partition coefficient (Wildman–Crippen LogP) is 3.57. The van der Waals surface area contributed by atoms with E-state index in [4.69, 9.17) is 4.74 Å². The van der Waals surface area contributed by atoms with Gasteiger partial charge < -0.3 is 9.64 Å². The number of hydrogen-bond acceptors (Lipinski definition) is 5. The Kier molecular flexibility index (Phi) is 6.07. The molecule has 1 saturated heterocycles. The number of carbonyl (C=O) groups is 1. The molecule has 1 fully saturated rings. The summed E-state index contributed by atoms with van der Waals surface area (Å²) in [5, 5.41) is 0. The minimum Gasteiger partial charge on any atom is -0.484 e. The molecule has 7 heteroatoms. The van der Waals surface area contributed by atoms with Crippen LogP contribution in [0.4, 0.5) is 0 Å². The molecule has 2 aromatic heterocycles. The number of carbonyl (C=O) groups excluding carboxylic acids is 1. The first-order valence-electron chi connectivity index (χ1n) is 10.4. The summed E-state index contributed by atoms with van der Waals surface area (Å²) in [6.45, 7) is 5.63. The third-order valence-corrected chi connectivity index (χ3v) is 5.39. The van der Waals surface area contributed by atoms with Gasteiger partial charge in [0.25, 0.3) is 5.91 Å². The smallest absolute Gasteiger partial charge is 0.260 e. The third-order valence-electron chi connectivity index (χ3n) is 5.39. The van der Waals surface area contributed by atoms with Gasteiger partial charge in [-0.05, 0) is 25.0 Å². The highest BCUT2D eigenvalue weighted by atomic mass is 16.5. The normalized spacial score (nSPS) is 16.6. The van der Waals surface area contributed by atoms with Crippen LogP contribution in [0.5, 0.6) is 5.75 Å². The Balaban J connectivity index is 1.50. The number of hydrogen-bond donors (Lipinski definition) is 0. The molecule has 4 rings (SSSR count). The van der Waals surface area contributed by atoms with Gasteiger partial charge in [0.2, 0.25) is 0 Å². The highest BCUT2D eigenvalue weighted by molar-refractivity contribution is 5.78. The Morgan fingerprint density at radius 2 is 1.93 bits per heavy atom. The maximum absolute atomic E-state index is 12.8. The highest BCUT2D eigenvalue weighted by Crippen LogP contribution is 2.30. The molecule has 1 atom stereocenters. The van der Waals surface area contributed by atoms with Crippen LogP contribution < -0.4 is 4.74 Å².